The molecule has 0 aliphatic heterocycles. The van der Waals surface area contributed by atoms with Crippen LogP contribution in [0.5, 0.6) is 0 Å². The monoisotopic (exact) mass is 129 g/mol. The van der Waals surface area contributed by atoms with Crippen molar-refractivity contribution in [3.8, 4) is 0 Å². The lowest BCUT2D eigenvalue weighted by Gasteiger charge is -2.05. The fourth-order valence-corrected chi connectivity index (χ4v) is 0.704. The van der Waals surface area contributed by atoms with E-state index in [1.807, 2.05) is 7.05 Å². The van der Waals surface area contributed by atoms with E-state index in [0.717, 1.165) is 25.5 Å². The van der Waals surface area contributed by atoms with Crippen LogP contribution in [0.2, 0.25) is 0 Å². The lowest BCUT2D eigenvalue weighted by Crippen LogP contribution is -2.26. The zero-order valence-corrected chi connectivity index (χ0v) is 6.18. The molecule has 1 N–H and O–H groups in total. The largest absolute Gasteiger partial charge is 0.311 e. The number of carbonyl (C=O) groups excluding carboxylic acids is 1. The third-order valence-electron chi connectivity index (χ3n) is 1.40. The average molecular weight is 129 g/mol. The first-order valence-electron chi connectivity index (χ1n) is 3.47. The molecule has 0 bridgehead atoms. The Labute approximate surface area is 56.6 Å². The van der Waals surface area contributed by atoms with Gasteiger partial charge in [0.15, 0.2) is 0 Å². The molecule has 0 aromatic heterocycles. The van der Waals surface area contributed by atoms with Crippen molar-refractivity contribution in [2.24, 2.45) is 0 Å². The first-order valence-corrected chi connectivity index (χ1v) is 3.47. The molecule has 2 heteroatoms. The molecule has 0 saturated heterocycles. The molecule has 0 unspecified atom stereocenters. The topological polar surface area (TPSA) is 29.1 Å². The minimum atomic E-state index is 0.0740. The number of aldehydes is 1. The summed E-state index contributed by atoms with van der Waals surface area (Å²) in [4.78, 5) is 10.2. The van der Waals surface area contributed by atoms with Crippen molar-refractivity contribution in [3.05, 3.63) is 0 Å². The van der Waals surface area contributed by atoms with Crippen molar-refractivity contribution in [1.29, 1.82) is 0 Å². The van der Waals surface area contributed by atoms with Crippen molar-refractivity contribution >= 4 is 6.29 Å². The highest BCUT2D eigenvalue weighted by atomic mass is 16.1. The highest BCUT2D eigenvalue weighted by Gasteiger charge is 2.00. The highest BCUT2D eigenvalue weighted by Crippen LogP contribution is 1.96. The number of carbonyl (C=O) groups is 1. The van der Waals surface area contributed by atoms with Crippen molar-refractivity contribution in [3.63, 3.8) is 0 Å². The second kappa shape index (κ2) is 5.76. The molecular formula is C7H15NO. The molecule has 0 aliphatic rings. The lowest BCUT2D eigenvalue weighted by molar-refractivity contribution is -0.109. The van der Waals surface area contributed by atoms with Crippen molar-refractivity contribution in [2.75, 3.05) is 7.05 Å². The Balaban J connectivity index is 3.20. The molecular weight excluding hydrogens is 114 g/mol. The summed E-state index contributed by atoms with van der Waals surface area (Å²) in [5, 5.41) is 2.92. The van der Waals surface area contributed by atoms with E-state index in [-0.39, 0.29) is 6.04 Å². The van der Waals surface area contributed by atoms with E-state index in [9.17, 15) is 4.79 Å². The first kappa shape index (κ1) is 8.63. The van der Waals surface area contributed by atoms with Gasteiger partial charge in [0.2, 0.25) is 0 Å². The van der Waals surface area contributed by atoms with Gasteiger partial charge in [0.05, 0.1) is 6.04 Å². The number of unbranched alkanes of at least 4 members (excludes halogenated alkanes) is 1. The molecule has 0 saturated carbocycles. The zero-order valence-electron chi connectivity index (χ0n) is 6.18. The smallest absolute Gasteiger partial charge is 0.136 e. The molecule has 1 atom stereocenters. The van der Waals surface area contributed by atoms with Crippen molar-refractivity contribution in [1.82, 2.24) is 5.32 Å². The van der Waals surface area contributed by atoms with Crippen LogP contribution in [0.1, 0.15) is 26.2 Å². The van der Waals surface area contributed by atoms with Gasteiger partial charge in [0, 0.05) is 0 Å². The van der Waals surface area contributed by atoms with Crippen molar-refractivity contribution < 1.29 is 4.79 Å². The van der Waals surface area contributed by atoms with E-state index in [0.29, 0.717) is 0 Å². The Kier molecular flexibility index (Phi) is 5.52. The molecule has 0 radical (unpaired) electrons. The Bertz CT molecular complexity index is 73.3. The normalized spacial score (nSPS) is 13.1. The summed E-state index contributed by atoms with van der Waals surface area (Å²) in [6.07, 6.45) is 4.22. The summed E-state index contributed by atoms with van der Waals surface area (Å²) in [7, 11) is 1.81. The first-order chi connectivity index (χ1) is 4.35. The number of hydrogen-bond acceptors (Lipinski definition) is 2. The third kappa shape index (κ3) is 4.15. The van der Waals surface area contributed by atoms with E-state index in [2.05, 4.69) is 12.2 Å². The third-order valence-corrected chi connectivity index (χ3v) is 1.40. The summed E-state index contributed by atoms with van der Waals surface area (Å²) in [6.45, 7) is 2.12. The molecule has 0 aromatic carbocycles. The lowest BCUT2D eigenvalue weighted by atomic mass is 10.1. The van der Waals surface area contributed by atoms with Crippen LogP contribution in [0.3, 0.4) is 0 Å². The van der Waals surface area contributed by atoms with E-state index in [1.54, 1.807) is 0 Å². The summed E-state index contributed by atoms with van der Waals surface area (Å²) in [5.41, 5.74) is 0. The molecule has 0 aliphatic carbocycles. The van der Waals surface area contributed by atoms with Gasteiger partial charge in [-0.3, -0.25) is 0 Å². The average Bonchev–Trinajstić information content (AvgIpc) is 1.91. The molecule has 0 spiro atoms. The van der Waals surface area contributed by atoms with Crippen LogP contribution in [-0.2, 0) is 4.79 Å². The van der Waals surface area contributed by atoms with E-state index in [4.69, 9.17) is 0 Å². The highest BCUT2D eigenvalue weighted by molar-refractivity contribution is 5.57. The van der Waals surface area contributed by atoms with Gasteiger partial charge >= 0.3 is 0 Å². The minimum Gasteiger partial charge on any atom is -0.311 e. The fraction of sp³-hybridized carbons (Fsp3) is 0.857. The zero-order chi connectivity index (χ0) is 7.11. The maximum atomic E-state index is 10.2. The molecule has 0 amide bonds. The van der Waals surface area contributed by atoms with Crippen LogP contribution in [0.15, 0.2) is 0 Å². The molecule has 0 aromatic rings. The molecule has 9 heavy (non-hydrogen) atoms. The fourth-order valence-electron chi connectivity index (χ4n) is 0.704. The number of nitrogens with one attached hydrogen (secondary N) is 1. The molecule has 2 nitrogen and oxygen atoms in total. The standard InChI is InChI=1S/C7H15NO/c1-3-4-5-7(6-9)8-2/h6-8H,3-5H2,1-2H3/t7-/m0/s1. The number of hydrogen-bond donors (Lipinski definition) is 1. The van der Waals surface area contributed by atoms with Gasteiger partial charge in [0.25, 0.3) is 0 Å². The van der Waals surface area contributed by atoms with E-state index in [1.165, 1.54) is 0 Å². The van der Waals surface area contributed by atoms with E-state index >= 15 is 0 Å². The Morgan fingerprint density at radius 2 is 2.33 bits per heavy atom. The Morgan fingerprint density at radius 3 is 2.67 bits per heavy atom. The van der Waals surface area contributed by atoms with Gasteiger partial charge in [-0.15, -0.1) is 0 Å². The second-order valence-corrected chi connectivity index (χ2v) is 2.17. The van der Waals surface area contributed by atoms with Crippen LogP contribution in [0.25, 0.3) is 0 Å². The maximum Gasteiger partial charge on any atom is 0.136 e. The van der Waals surface area contributed by atoms with Crippen LogP contribution >= 0.6 is 0 Å². The quantitative estimate of drug-likeness (QED) is 0.560. The maximum absolute atomic E-state index is 10.2. The molecule has 0 fully saturated rings. The van der Waals surface area contributed by atoms with Crippen molar-refractivity contribution in [2.45, 2.75) is 32.2 Å². The SMILES string of the molecule is CCCC[C@@H](C=O)NC. The summed E-state index contributed by atoms with van der Waals surface area (Å²) in [6, 6.07) is 0.0740. The predicted molar refractivity (Wildman–Crippen MR) is 38.4 cm³/mol. The summed E-state index contributed by atoms with van der Waals surface area (Å²) < 4.78 is 0. The van der Waals surface area contributed by atoms with Gasteiger partial charge < -0.3 is 10.1 Å². The van der Waals surface area contributed by atoms with Gasteiger partial charge in [0.1, 0.15) is 6.29 Å². The van der Waals surface area contributed by atoms with Gasteiger partial charge in [-0.25, -0.2) is 0 Å². The Morgan fingerprint density at radius 1 is 1.67 bits per heavy atom. The predicted octanol–water partition coefficient (Wildman–Crippen LogP) is 0.964. The molecule has 54 valence electrons. The summed E-state index contributed by atoms with van der Waals surface area (Å²) in [5.74, 6) is 0. The molecule has 0 heterocycles. The minimum absolute atomic E-state index is 0.0740. The van der Waals surface area contributed by atoms with Gasteiger partial charge in [-0.1, -0.05) is 19.8 Å². The van der Waals surface area contributed by atoms with Gasteiger partial charge in [-0.05, 0) is 13.5 Å². The van der Waals surface area contributed by atoms with Crippen LogP contribution < -0.4 is 5.32 Å². The Hall–Kier alpha value is -0.370. The van der Waals surface area contributed by atoms with Gasteiger partial charge in [-0.2, -0.15) is 0 Å². The summed E-state index contributed by atoms with van der Waals surface area (Å²) >= 11 is 0. The van der Waals surface area contributed by atoms with E-state index < -0.39 is 0 Å². The molecule has 0 rings (SSSR count). The number of rotatable bonds is 5. The van der Waals surface area contributed by atoms with Crippen LogP contribution in [0.4, 0.5) is 0 Å². The second-order valence-electron chi connectivity index (χ2n) is 2.17. The van der Waals surface area contributed by atoms with Crippen LogP contribution in [0, 0.1) is 0 Å². The number of likely N-dealkylation sites (N-methyl/N-ethyl adjacent to an activating group) is 1. The van der Waals surface area contributed by atoms with Crippen LogP contribution in [-0.4, -0.2) is 19.4 Å².